The molecule has 0 atom stereocenters. The number of hydrogen-bond acceptors (Lipinski definition) is 5. The zero-order valence-corrected chi connectivity index (χ0v) is 23.2. The molecule has 10 heteroatoms. The third-order valence-electron chi connectivity index (χ3n) is 5.86. The second kappa shape index (κ2) is 16.0. The first-order valence-electron chi connectivity index (χ1n) is 12.5. The van der Waals surface area contributed by atoms with Gasteiger partial charge in [0.2, 0.25) is 5.91 Å². The van der Waals surface area contributed by atoms with Crippen LogP contribution in [0.3, 0.4) is 0 Å². The zero-order valence-electron chi connectivity index (χ0n) is 21.6. The molecule has 0 aromatic heterocycles. The summed E-state index contributed by atoms with van der Waals surface area (Å²) in [5.74, 6) is -0.627. The quantitative estimate of drug-likeness (QED) is 0.169. The Balaban J connectivity index is 1.94. The molecule has 2 rings (SSSR count). The van der Waals surface area contributed by atoms with Gasteiger partial charge in [0.05, 0.1) is 13.7 Å². The predicted molar refractivity (Wildman–Crippen MR) is 148 cm³/mol. The SMILES string of the molecule is CCCCN(CCCCN=C(N)NC(=O)c1cccc(F)c1CCc1cc(Br)ccc1OC)CC(N)=O. The molecule has 5 N–H and O–H groups in total. The van der Waals surface area contributed by atoms with Gasteiger partial charge in [0.15, 0.2) is 5.96 Å². The van der Waals surface area contributed by atoms with Gasteiger partial charge in [-0.25, -0.2) is 4.39 Å². The van der Waals surface area contributed by atoms with Gasteiger partial charge in [-0.3, -0.25) is 24.8 Å². The van der Waals surface area contributed by atoms with Crippen LogP contribution in [-0.4, -0.2) is 56.0 Å². The van der Waals surface area contributed by atoms with Gasteiger partial charge in [-0.2, -0.15) is 0 Å². The van der Waals surface area contributed by atoms with Crippen molar-refractivity contribution in [2.45, 2.75) is 45.4 Å². The Kier molecular flexibility index (Phi) is 13.1. The van der Waals surface area contributed by atoms with Crippen molar-refractivity contribution in [3.05, 3.63) is 63.4 Å². The van der Waals surface area contributed by atoms with Crippen LogP contribution < -0.4 is 21.5 Å². The summed E-state index contributed by atoms with van der Waals surface area (Å²) in [6.45, 7) is 4.32. The zero-order chi connectivity index (χ0) is 27.2. The highest BCUT2D eigenvalue weighted by Crippen LogP contribution is 2.25. The number of hydrogen-bond donors (Lipinski definition) is 3. The summed E-state index contributed by atoms with van der Waals surface area (Å²) in [4.78, 5) is 30.4. The van der Waals surface area contributed by atoms with Gasteiger partial charge in [0.25, 0.3) is 5.91 Å². The van der Waals surface area contributed by atoms with Gasteiger partial charge in [-0.1, -0.05) is 35.3 Å². The Morgan fingerprint density at radius 1 is 1.11 bits per heavy atom. The molecule has 0 bridgehead atoms. The molecular weight excluding hydrogens is 541 g/mol. The highest BCUT2D eigenvalue weighted by atomic mass is 79.9. The molecule has 37 heavy (non-hydrogen) atoms. The highest BCUT2D eigenvalue weighted by molar-refractivity contribution is 9.10. The molecular formula is C27H37BrFN5O3. The third-order valence-corrected chi connectivity index (χ3v) is 6.36. The third kappa shape index (κ3) is 10.5. The number of rotatable bonds is 15. The summed E-state index contributed by atoms with van der Waals surface area (Å²) in [6.07, 6.45) is 4.38. The molecule has 8 nitrogen and oxygen atoms in total. The normalized spacial score (nSPS) is 11.5. The largest absolute Gasteiger partial charge is 0.496 e. The highest BCUT2D eigenvalue weighted by Gasteiger charge is 2.17. The number of amides is 2. The Labute approximate surface area is 226 Å². The van der Waals surface area contributed by atoms with Crippen molar-refractivity contribution in [1.82, 2.24) is 10.2 Å². The van der Waals surface area contributed by atoms with Gasteiger partial charge < -0.3 is 16.2 Å². The monoisotopic (exact) mass is 577 g/mol. The number of carbonyl (C=O) groups is 2. The van der Waals surface area contributed by atoms with E-state index in [1.807, 2.05) is 23.1 Å². The van der Waals surface area contributed by atoms with E-state index in [9.17, 15) is 14.0 Å². The first kappa shape index (κ1) is 30.2. The topological polar surface area (TPSA) is 123 Å². The summed E-state index contributed by atoms with van der Waals surface area (Å²) in [5, 5.41) is 2.57. The summed E-state index contributed by atoms with van der Waals surface area (Å²) in [6, 6.07) is 10.0. The van der Waals surface area contributed by atoms with E-state index < -0.39 is 11.7 Å². The van der Waals surface area contributed by atoms with Crippen molar-refractivity contribution in [2.75, 3.05) is 33.3 Å². The molecule has 2 amide bonds. The van der Waals surface area contributed by atoms with Crippen LogP contribution in [0.15, 0.2) is 45.9 Å². The molecule has 0 aliphatic rings. The molecule has 0 saturated heterocycles. The maximum atomic E-state index is 14.7. The van der Waals surface area contributed by atoms with Crippen molar-refractivity contribution in [3.8, 4) is 5.75 Å². The Morgan fingerprint density at radius 2 is 1.86 bits per heavy atom. The van der Waals surface area contributed by atoms with Gasteiger partial charge in [0.1, 0.15) is 11.6 Å². The number of primary amides is 1. The summed E-state index contributed by atoms with van der Waals surface area (Å²) < 4.78 is 21.0. The molecule has 0 saturated carbocycles. The fourth-order valence-corrected chi connectivity index (χ4v) is 4.38. The minimum Gasteiger partial charge on any atom is -0.496 e. The number of guanidine groups is 1. The molecule has 0 fully saturated rings. The number of nitrogens with one attached hydrogen (secondary N) is 1. The summed E-state index contributed by atoms with van der Waals surface area (Å²) >= 11 is 3.45. The number of aryl methyl sites for hydroxylation is 1. The standard InChI is InChI=1S/C27H37BrFN5O3/c1-3-4-15-34(18-25(30)35)16-6-5-14-32-27(31)33-26(36)22-8-7-9-23(29)21(22)12-10-19-17-20(28)11-13-24(19)37-2/h7-9,11,13,17H,3-6,10,12,14-16,18H2,1-2H3,(H2,30,35)(H3,31,32,33,36). The minimum atomic E-state index is -0.510. The first-order valence-corrected chi connectivity index (χ1v) is 13.3. The smallest absolute Gasteiger partial charge is 0.258 e. The van der Waals surface area contributed by atoms with Crippen LogP contribution in [0.5, 0.6) is 5.75 Å². The summed E-state index contributed by atoms with van der Waals surface area (Å²) in [7, 11) is 1.58. The average molecular weight is 579 g/mol. The number of nitrogens with zero attached hydrogens (tertiary/aromatic N) is 2. The van der Waals surface area contributed by atoms with Crippen LogP contribution in [-0.2, 0) is 17.6 Å². The lowest BCUT2D eigenvalue weighted by molar-refractivity contribution is -0.119. The number of nitrogens with two attached hydrogens (primary N) is 2. The first-order chi connectivity index (χ1) is 17.7. The predicted octanol–water partition coefficient (Wildman–Crippen LogP) is 3.79. The van der Waals surface area contributed by atoms with E-state index in [1.54, 1.807) is 13.2 Å². The van der Waals surface area contributed by atoms with Crippen molar-refractivity contribution in [1.29, 1.82) is 0 Å². The van der Waals surface area contributed by atoms with Gasteiger partial charge in [-0.15, -0.1) is 0 Å². The second-order valence-corrected chi connectivity index (χ2v) is 9.66. The molecule has 0 unspecified atom stereocenters. The number of unbranched alkanes of at least 4 members (excludes halogenated alkanes) is 2. The van der Waals surface area contributed by atoms with Crippen LogP contribution in [0.2, 0.25) is 0 Å². The molecule has 0 spiro atoms. The number of methoxy groups -OCH3 is 1. The molecule has 0 radical (unpaired) electrons. The van der Waals surface area contributed by atoms with E-state index in [2.05, 4.69) is 33.2 Å². The molecule has 0 aliphatic carbocycles. The van der Waals surface area contributed by atoms with E-state index in [0.29, 0.717) is 30.7 Å². The second-order valence-electron chi connectivity index (χ2n) is 8.75. The van der Waals surface area contributed by atoms with Gasteiger partial charge in [0, 0.05) is 22.1 Å². The van der Waals surface area contributed by atoms with Crippen LogP contribution in [0, 0.1) is 5.82 Å². The number of aliphatic imine (C=N–C) groups is 1. The number of benzene rings is 2. The van der Waals surface area contributed by atoms with E-state index in [4.69, 9.17) is 16.2 Å². The van der Waals surface area contributed by atoms with Crippen LogP contribution >= 0.6 is 15.9 Å². The number of ether oxygens (including phenoxy) is 1. The van der Waals surface area contributed by atoms with Crippen molar-refractivity contribution < 1.29 is 18.7 Å². The molecule has 2 aromatic carbocycles. The molecule has 0 heterocycles. The minimum absolute atomic E-state index is 0.0196. The lowest BCUT2D eigenvalue weighted by Gasteiger charge is -2.20. The lowest BCUT2D eigenvalue weighted by Crippen LogP contribution is -2.37. The Hall–Kier alpha value is -2.98. The van der Waals surface area contributed by atoms with Crippen LogP contribution in [0.4, 0.5) is 4.39 Å². The van der Waals surface area contributed by atoms with E-state index in [1.165, 1.54) is 12.1 Å². The van der Waals surface area contributed by atoms with E-state index in [-0.39, 0.29) is 24.0 Å². The number of halogens is 2. The molecule has 0 aliphatic heterocycles. The van der Waals surface area contributed by atoms with Crippen LogP contribution in [0.1, 0.15) is 54.1 Å². The van der Waals surface area contributed by atoms with Gasteiger partial charge >= 0.3 is 0 Å². The van der Waals surface area contributed by atoms with E-state index >= 15 is 0 Å². The van der Waals surface area contributed by atoms with Crippen LogP contribution in [0.25, 0.3) is 0 Å². The average Bonchev–Trinajstić information content (AvgIpc) is 2.85. The van der Waals surface area contributed by atoms with E-state index in [0.717, 1.165) is 48.8 Å². The summed E-state index contributed by atoms with van der Waals surface area (Å²) in [5.41, 5.74) is 12.7. The fraction of sp³-hybridized carbons (Fsp3) is 0.444. The van der Waals surface area contributed by atoms with Crippen molar-refractivity contribution >= 4 is 33.7 Å². The van der Waals surface area contributed by atoms with Gasteiger partial charge in [-0.05, 0) is 81.1 Å². The fourth-order valence-electron chi connectivity index (χ4n) is 3.97. The maximum Gasteiger partial charge on any atom is 0.258 e. The Bertz CT molecular complexity index is 1080. The lowest BCUT2D eigenvalue weighted by atomic mass is 9.98. The maximum absolute atomic E-state index is 14.7. The van der Waals surface area contributed by atoms with Crippen molar-refractivity contribution in [2.24, 2.45) is 16.5 Å². The number of carbonyl (C=O) groups excluding carboxylic acids is 2. The molecule has 2 aromatic rings. The Morgan fingerprint density at radius 3 is 2.57 bits per heavy atom. The molecule has 202 valence electrons. The van der Waals surface area contributed by atoms with Crippen molar-refractivity contribution in [3.63, 3.8) is 0 Å².